The number of rotatable bonds is 4. The number of carbonyl (C=O) groups excluding carboxylic acids is 3. The molecule has 0 unspecified atom stereocenters. The Bertz CT molecular complexity index is 940. The van der Waals surface area contributed by atoms with E-state index in [2.05, 4.69) is 16.0 Å². The molecule has 2 aromatic rings. The summed E-state index contributed by atoms with van der Waals surface area (Å²) in [4.78, 5) is 38.6. The fourth-order valence-electron chi connectivity index (χ4n) is 2.86. The van der Waals surface area contributed by atoms with E-state index < -0.39 is 29.7 Å². The maximum absolute atomic E-state index is 13.0. The van der Waals surface area contributed by atoms with Crippen LogP contribution in [0.5, 0.6) is 0 Å². The number of benzene rings is 2. The highest BCUT2D eigenvalue weighted by atomic mass is 35.5. The minimum atomic E-state index is -1.01. The number of piperazine rings is 1. The predicted octanol–water partition coefficient (Wildman–Crippen LogP) is 3.49. The molecule has 10 heteroatoms. The molecule has 3 rings (SSSR count). The van der Waals surface area contributed by atoms with Crippen molar-refractivity contribution in [2.45, 2.75) is 12.5 Å². The molecule has 0 aliphatic carbocycles. The van der Waals surface area contributed by atoms with Crippen molar-refractivity contribution in [2.24, 2.45) is 0 Å². The molecule has 1 fully saturated rings. The zero-order chi connectivity index (χ0) is 21.0. The fourth-order valence-corrected chi connectivity index (χ4v) is 3.20. The van der Waals surface area contributed by atoms with Crippen LogP contribution >= 0.6 is 23.2 Å². The molecule has 4 amide bonds. The van der Waals surface area contributed by atoms with E-state index in [0.717, 1.165) is 0 Å². The van der Waals surface area contributed by atoms with Gasteiger partial charge in [-0.3, -0.25) is 9.59 Å². The van der Waals surface area contributed by atoms with Crippen molar-refractivity contribution in [1.82, 2.24) is 10.2 Å². The first kappa shape index (κ1) is 20.9. The maximum Gasteiger partial charge on any atom is 0.322 e. The Hall–Kier alpha value is -2.84. The molecule has 1 heterocycles. The van der Waals surface area contributed by atoms with E-state index in [0.29, 0.717) is 21.4 Å². The summed E-state index contributed by atoms with van der Waals surface area (Å²) in [5.74, 6) is -1.39. The third-order valence-electron chi connectivity index (χ3n) is 4.27. The van der Waals surface area contributed by atoms with Crippen LogP contribution < -0.4 is 16.0 Å². The highest BCUT2D eigenvalue weighted by Gasteiger charge is 2.35. The normalized spacial score (nSPS) is 16.2. The van der Waals surface area contributed by atoms with E-state index >= 15 is 0 Å². The second-order valence-electron chi connectivity index (χ2n) is 6.31. The number of nitrogens with zero attached hydrogens (tertiary/aromatic N) is 1. The van der Waals surface area contributed by atoms with Crippen molar-refractivity contribution >= 4 is 52.4 Å². The molecular weight excluding hydrogens is 422 g/mol. The molecule has 3 N–H and O–H groups in total. The molecular formula is C19H17Cl2FN4O3. The van der Waals surface area contributed by atoms with E-state index in [4.69, 9.17) is 23.2 Å². The average molecular weight is 439 g/mol. The Kier molecular flexibility index (Phi) is 6.56. The smallest absolute Gasteiger partial charge is 0.322 e. The molecule has 152 valence electrons. The van der Waals surface area contributed by atoms with Crippen LogP contribution in [0.15, 0.2) is 42.5 Å². The summed E-state index contributed by atoms with van der Waals surface area (Å²) >= 11 is 11.9. The number of halogens is 3. The minimum absolute atomic E-state index is 0.217. The van der Waals surface area contributed by atoms with Crippen LogP contribution in [0.1, 0.15) is 6.42 Å². The molecule has 0 aromatic heterocycles. The Labute approximate surface area is 176 Å². The lowest BCUT2D eigenvalue weighted by atomic mass is 10.1. The van der Waals surface area contributed by atoms with Crippen molar-refractivity contribution < 1.29 is 18.8 Å². The summed E-state index contributed by atoms with van der Waals surface area (Å²) in [7, 11) is 0. The van der Waals surface area contributed by atoms with Crippen molar-refractivity contribution in [3.05, 3.63) is 58.3 Å². The van der Waals surface area contributed by atoms with Gasteiger partial charge < -0.3 is 20.9 Å². The van der Waals surface area contributed by atoms with Crippen LogP contribution in [0.3, 0.4) is 0 Å². The summed E-state index contributed by atoms with van der Waals surface area (Å²) in [6.07, 6.45) is -0.272. The van der Waals surface area contributed by atoms with Crippen molar-refractivity contribution in [1.29, 1.82) is 0 Å². The lowest BCUT2D eigenvalue weighted by Crippen LogP contribution is -2.59. The van der Waals surface area contributed by atoms with Gasteiger partial charge in [0.25, 0.3) is 0 Å². The van der Waals surface area contributed by atoms with Crippen molar-refractivity contribution in [3.8, 4) is 0 Å². The molecule has 0 saturated carbocycles. The van der Waals surface area contributed by atoms with E-state index in [1.807, 2.05) is 0 Å². The van der Waals surface area contributed by atoms with Gasteiger partial charge in [-0.05, 0) is 42.5 Å². The van der Waals surface area contributed by atoms with Crippen molar-refractivity contribution in [3.63, 3.8) is 0 Å². The van der Waals surface area contributed by atoms with Gasteiger partial charge in [0.15, 0.2) is 0 Å². The van der Waals surface area contributed by atoms with Gasteiger partial charge in [0, 0.05) is 23.8 Å². The Balaban J connectivity index is 1.69. The summed E-state index contributed by atoms with van der Waals surface area (Å²) in [5.41, 5.74) is 0.680. The maximum atomic E-state index is 13.0. The van der Waals surface area contributed by atoms with Crippen LogP contribution in [0.4, 0.5) is 20.6 Å². The van der Waals surface area contributed by atoms with Gasteiger partial charge in [-0.2, -0.15) is 0 Å². The van der Waals surface area contributed by atoms with Gasteiger partial charge in [0.05, 0.1) is 17.1 Å². The SMILES string of the molecule is O=C(C[C@H]1C(=O)NCCN1C(=O)Nc1ccc(F)cc1)Nc1cc(Cl)ccc1Cl. The summed E-state index contributed by atoms with van der Waals surface area (Å²) in [6.45, 7) is 0.475. The zero-order valence-electron chi connectivity index (χ0n) is 15.0. The number of hydrogen-bond donors (Lipinski definition) is 3. The number of nitrogens with one attached hydrogen (secondary N) is 3. The van der Waals surface area contributed by atoms with E-state index in [1.54, 1.807) is 6.07 Å². The topological polar surface area (TPSA) is 90.5 Å². The molecule has 1 atom stereocenters. The molecule has 0 spiro atoms. The third kappa shape index (κ3) is 5.36. The van der Waals surface area contributed by atoms with E-state index in [-0.39, 0.29) is 19.5 Å². The van der Waals surface area contributed by atoms with E-state index in [1.165, 1.54) is 41.3 Å². The molecule has 2 aromatic carbocycles. The molecule has 7 nitrogen and oxygen atoms in total. The zero-order valence-corrected chi connectivity index (χ0v) is 16.6. The minimum Gasteiger partial charge on any atom is -0.353 e. The number of amides is 4. The first-order valence-electron chi connectivity index (χ1n) is 8.69. The highest BCUT2D eigenvalue weighted by Crippen LogP contribution is 2.26. The van der Waals surface area contributed by atoms with Crippen LogP contribution in [-0.4, -0.2) is 41.9 Å². The Morgan fingerprint density at radius 1 is 1.14 bits per heavy atom. The first-order chi connectivity index (χ1) is 13.8. The molecule has 1 aliphatic rings. The number of hydrogen-bond acceptors (Lipinski definition) is 3. The quantitative estimate of drug-likeness (QED) is 0.682. The van der Waals surface area contributed by atoms with Gasteiger partial charge >= 0.3 is 6.03 Å². The second-order valence-corrected chi connectivity index (χ2v) is 7.16. The van der Waals surface area contributed by atoms with Crippen LogP contribution in [0, 0.1) is 5.82 Å². The molecule has 29 heavy (non-hydrogen) atoms. The standard InChI is InChI=1S/C19H17Cl2FN4O3/c20-11-1-6-14(21)15(9-11)25-17(27)10-16-18(28)23-7-8-26(16)19(29)24-13-4-2-12(22)3-5-13/h1-6,9,16H,7-8,10H2,(H,23,28)(H,24,29)(H,25,27)/t16-/m0/s1. The van der Waals surface area contributed by atoms with Gasteiger partial charge in [-0.25, -0.2) is 9.18 Å². The van der Waals surface area contributed by atoms with Crippen LogP contribution in [-0.2, 0) is 9.59 Å². The monoisotopic (exact) mass is 438 g/mol. The summed E-state index contributed by atoms with van der Waals surface area (Å²) < 4.78 is 13.0. The van der Waals surface area contributed by atoms with E-state index in [9.17, 15) is 18.8 Å². The van der Waals surface area contributed by atoms with Gasteiger partial charge in [0.1, 0.15) is 11.9 Å². The first-order valence-corrected chi connectivity index (χ1v) is 9.45. The van der Waals surface area contributed by atoms with Crippen LogP contribution in [0.25, 0.3) is 0 Å². The van der Waals surface area contributed by atoms with Gasteiger partial charge in [0.2, 0.25) is 11.8 Å². The average Bonchev–Trinajstić information content (AvgIpc) is 2.68. The Morgan fingerprint density at radius 2 is 1.86 bits per heavy atom. The largest absolute Gasteiger partial charge is 0.353 e. The number of carbonyl (C=O) groups is 3. The van der Waals surface area contributed by atoms with Crippen molar-refractivity contribution in [2.75, 3.05) is 23.7 Å². The van der Waals surface area contributed by atoms with Gasteiger partial charge in [-0.1, -0.05) is 23.2 Å². The third-order valence-corrected chi connectivity index (χ3v) is 4.83. The summed E-state index contributed by atoms with van der Waals surface area (Å²) in [6, 6.07) is 8.25. The Morgan fingerprint density at radius 3 is 2.59 bits per heavy atom. The molecule has 1 saturated heterocycles. The lowest BCUT2D eigenvalue weighted by molar-refractivity contribution is -0.130. The molecule has 0 bridgehead atoms. The van der Waals surface area contributed by atoms with Gasteiger partial charge in [-0.15, -0.1) is 0 Å². The second kappa shape index (κ2) is 9.11. The predicted molar refractivity (Wildman–Crippen MR) is 109 cm³/mol. The van der Waals surface area contributed by atoms with Crippen LogP contribution in [0.2, 0.25) is 10.0 Å². The molecule has 0 radical (unpaired) electrons. The fraction of sp³-hybridized carbons (Fsp3) is 0.211. The molecule has 1 aliphatic heterocycles. The summed E-state index contributed by atoms with van der Waals surface area (Å²) in [5, 5.41) is 8.52. The highest BCUT2D eigenvalue weighted by molar-refractivity contribution is 6.35. The lowest BCUT2D eigenvalue weighted by Gasteiger charge is -2.34. The number of anilines is 2. The number of urea groups is 1.